The molecule has 0 amide bonds. The molecule has 0 saturated carbocycles. The van der Waals surface area contributed by atoms with Crippen LogP contribution >= 0.6 is 0 Å². The van der Waals surface area contributed by atoms with E-state index in [0.29, 0.717) is 12.8 Å². The van der Waals surface area contributed by atoms with Gasteiger partial charge in [-0.1, -0.05) is 89.9 Å². The van der Waals surface area contributed by atoms with E-state index < -0.39 is 5.97 Å². The minimum atomic E-state index is -0.668. The smallest absolute Gasteiger partial charge is 0.306 e. The predicted molar refractivity (Wildman–Crippen MR) is 117 cm³/mol. The summed E-state index contributed by atoms with van der Waals surface area (Å²) < 4.78 is 5.32. The summed E-state index contributed by atoms with van der Waals surface area (Å²) in [6.07, 6.45) is 20.5. The Bertz CT molecular complexity index is 391. The maximum Gasteiger partial charge on any atom is 0.306 e. The first kappa shape index (κ1) is 30.9. The quantitative estimate of drug-likeness (QED) is 0.112. The summed E-state index contributed by atoms with van der Waals surface area (Å²) in [7, 11) is 0. The molecule has 0 aliphatic carbocycles. The summed E-state index contributed by atoms with van der Waals surface area (Å²) in [5.41, 5.74) is -0.361. The van der Waals surface area contributed by atoms with Crippen molar-refractivity contribution in [3.05, 3.63) is 0 Å². The number of rotatable bonds is 19. The molecule has 1 N–H and O–H groups in total. The van der Waals surface area contributed by atoms with Crippen molar-refractivity contribution in [1.29, 1.82) is 0 Å². The number of esters is 1. The van der Waals surface area contributed by atoms with E-state index in [4.69, 9.17) is 9.84 Å². The van der Waals surface area contributed by atoms with E-state index in [-0.39, 0.29) is 34.0 Å². The molecular formula is C24H46AgO4. The molecule has 0 aromatic carbocycles. The molecule has 0 saturated heterocycles. The van der Waals surface area contributed by atoms with Crippen LogP contribution in [0.5, 0.6) is 0 Å². The fourth-order valence-corrected chi connectivity index (χ4v) is 3.41. The number of hydrogen-bond acceptors (Lipinski definition) is 3. The first-order chi connectivity index (χ1) is 13.3. The van der Waals surface area contributed by atoms with E-state index in [0.717, 1.165) is 25.7 Å². The SMILES string of the molecule is CC(C)(C)OC(=O)CCCCCCCCCCCCCCCCCCC(=O)O.[Ag]. The third-order valence-corrected chi connectivity index (χ3v) is 4.94. The molecule has 0 spiro atoms. The van der Waals surface area contributed by atoms with Gasteiger partial charge in [0, 0.05) is 35.2 Å². The van der Waals surface area contributed by atoms with Crippen molar-refractivity contribution in [2.45, 2.75) is 142 Å². The number of carbonyl (C=O) groups is 2. The van der Waals surface area contributed by atoms with Gasteiger partial charge >= 0.3 is 11.9 Å². The van der Waals surface area contributed by atoms with Crippen molar-refractivity contribution in [3.8, 4) is 0 Å². The fourth-order valence-electron chi connectivity index (χ4n) is 3.41. The van der Waals surface area contributed by atoms with E-state index in [1.54, 1.807) is 0 Å². The minimum absolute atomic E-state index is 0. The number of unbranched alkanes of at least 4 members (excludes halogenated alkanes) is 15. The van der Waals surface area contributed by atoms with Gasteiger partial charge in [-0.15, -0.1) is 0 Å². The Morgan fingerprint density at radius 3 is 1.14 bits per heavy atom. The van der Waals surface area contributed by atoms with Crippen LogP contribution in [0.1, 0.15) is 136 Å². The second kappa shape index (κ2) is 20.9. The zero-order valence-corrected chi connectivity index (χ0v) is 20.7. The second-order valence-corrected chi connectivity index (χ2v) is 9.14. The zero-order chi connectivity index (χ0) is 21.1. The normalized spacial score (nSPS) is 11.1. The van der Waals surface area contributed by atoms with Gasteiger partial charge in [0.05, 0.1) is 0 Å². The van der Waals surface area contributed by atoms with E-state index in [1.807, 2.05) is 20.8 Å². The van der Waals surface area contributed by atoms with Crippen LogP contribution in [0.3, 0.4) is 0 Å². The van der Waals surface area contributed by atoms with Gasteiger partial charge in [0.2, 0.25) is 0 Å². The topological polar surface area (TPSA) is 63.6 Å². The van der Waals surface area contributed by atoms with Crippen LogP contribution in [0, 0.1) is 0 Å². The van der Waals surface area contributed by atoms with Crippen molar-refractivity contribution in [2.24, 2.45) is 0 Å². The molecular weight excluding hydrogens is 460 g/mol. The van der Waals surface area contributed by atoms with Crippen molar-refractivity contribution < 1.29 is 41.8 Å². The third-order valence-electron chi connectivity index (χ3n) is 4.94. The average molecular weight is 506 g/mol. The Morgan fingerprint density at radius 1 is 0.586 bits per heavy atom. The van der Waals surface area contributed by atoms with Gasteiger partial charge in [-0.2, -0.15) is 0 Å². The van der Waals surface area contributed by atoms with Gasteiger partial charge in [0.15, 0.2) is 0 Å². The number of carboxylic acids is 1. The van der Waals surface area contributed by atoms with Crippen molar-refractivity contribution in [1.82, 2.24) is 0 Å². The summed E-state index contributed by atoms with van der Waals surface area (Å²) in [6, 6.07) is 0. The predicted octanol–water partition coefficient (Wildman–Crippen LogP) is 7.43. The molecule has 0 heterocycles. The van der Waals surface area contributed by atoms with E-state index in [9.17, 15) is 9.59 Å². The van der Waals surface area contributed by atoms with Gasteiger partial charge in [-0.05, 0) is 33.6 Å². The van der Waals surface area contributed by atoms with Gasteiger partial charge in [-0.25, -0.2) is 0 Å². The number of carboxylic acid groups (broad SMARTS) is 1. The van der Waals surface area contributed by atoms with E-state index in [1.165, 1.54) is 77.0 Å². The van der Waals surface area contributed by atoms with Gasteiger partial charge in [0.25, 0.3) is 0 Å². The molecule has 0 aliphatic rings. The summed E-state index contributed by atoms with van der Waals surface area (Å²) in [6.45, 7) is 5.75. The molecule has 1 radical (unpaired) electrons. The van der Waals surface area contributed by atoms with Crippen molar-refractivity contribution >= 4 is 11.9 Å². The van der Waals surface area contributed by atoms with Crippen molar-refractivity contribution in [2.75, 3.05) is 0 Å². The second-order valence-electron chi connectivity index (χ2n) is 9.14. The van der Waals surface area contributed by atoms with Crippen LogP contribution in [0.2, 0.25) is 0 Å². The first-order valence-corrected chi connectivity index (χ1v) is 11.7. The number of carbonyl (C=O) groups excluding carboxylic acids is 1. The Kier molecular flexibility index (Phi) is 22.3. The Hall–Kier alpha value is -0.320. The summed E-state index contributed by atoms with van der Waals surface area (Å²) in [5.74, 6) is -0.733. The number of aliphatic carboxylic acids is 1. The molecule has 0 aromatic rings. The van der Waals surface area contributed by atoms with Crippen molar-refractivity contribution in [3.63, 3.8) is 0 Å². The maximum atomic E-state index is 11.6. The Balaban J connectivity index is 0. The largest absolute Gasteiger partial charge is 0.481 e. The van der Waals surface area contributed by atoms with Gasteiger partial charge < -0.3 is 9.84 Å². The maximum absolute atomic E-state index is 11.6. The molecule has 0 aromatic heterocycles. The number of ether oxygens (including phenoxy) is 1. The standard InChI is InChI=1S/C24H46O4.Ag/c1-24(2,3)28-23(27)21-19-17-15-13-11-9-7-5-4-6-8-10-12-14-16-18-20-22(25)26;/h4-21H2,1-3H3,(H,25,26);. The Labute approximate surface area is 195 Å². The molecule has 4 nitrogen and oxygen atoms in total. The van der Waals surface area contributed by atoms with Crippen LogP contribution in [0.25, 0.3) is 0 Å². The van der Waals surface area contributed by atoms with E-state index in [2.05, 4.69) is 0 Å². The molecule has 0 bridgehead atoms. The number of hydrogen-bond donors (Lipinski definition) is 1. The van der Waals surface area contributed by atoms with Gasteiger partial charge in [0.1, 0.15) is 5.60 Å². The Morgan fingerprint density at radius 2 is 0.862 bits per heavy atom. The average Bonchev–Trinajstić information content (AvgIpc) is 2.59. The molecule has 0 rings (SSSR count). The van der Waals surface area contributed by atoms with Crippen LogP contribution in [-0.4, -0.2) is 22.6 Å². The minimum Gasteiger partial charge on any atom is -0.481 e. The molecule has 5 heteroatoms. The molecule has 0 atom stereocenters. The fraction of sp³-hybridized carbons (Fsp3) is 0.917. The summed E-state index contributed by atoms with van der Waals surface area (Å²) in [5, 5.41) is 8.57. The summed E-state index contributed by atoms with van der Waals surface area (Å²) >= 11 is 0. The molecule has 177 valence electrons. The van der Waals surface area contributed by atoms with Crippen LogP contribution < -0.4 is 0 Å². The molecule has 0 fully saturated rings. The van der Waals surface area contributed by atoms with Crippen LogP contribution in [-0.2, 0) is 36.7 Å². The monoisotopic (exact) mass is 505 g/mol. The molecule has 29 heavy (non-hydrogen) atoms. The van der Waals surface area contributed by atoms with Gasteiger partial charge in [-0.3, -0.25) is 9.59 Å². The van der Waals surface area contributed by atoms with Crippen LogP contribution in [0.4, 0.5) is 0 Å². The third kappa shape index (κ3) is 27.7. The van der Waals surface area contributed by atoms with E-state index >= 15 is 0 Å². The summed E-state index contributed by atoms with van der Waals surface area (Å²) in [4.78, 5) is 22.0. The first-order valence-electron chi connectivity index (χ1n) is 11.7. The van der Waals surface area contributed by atoms with Crippen LogP contribution in [0.15, 0.2) is 0 Å². The molecule has 0 aliphatic heterocycles. The molecule has 0 unspecified atom stereocenters. The zero-order valence-electron chi connectivity index (χ0n) is 19.2.